The van der Waals surface area contributed by atoms with Gasteiger partial charge < -0.3 is 0 Å². The summed E-state index contributed by atoms with van der Waals surface area (Å²) in [4.78, 5) is 0. The van der Waals surface area contributed by atoms with Crippen LogP contribution in [0, 0.1) is 6.92 Å². The van der Waals surface area contributed by atoms with E-state index in [0.29, 0.717) is 0 Å². The van der Waals surface area contributed by atoms with E-state index >= 15 is 0 Å². The molecule has 0 amide bonds. The maximum absolute atomic E-state index is 4.00. The van der Waals surface area contributed by atoms with Gasteiger partial charge >= 0.3 is 0 Å². The molecular formula is C11H20N2. The summed E-state index contributed by atoms with van der Waals surface area (Å²) in [6.07, 6.45) is 1.74. The summed E-state index contributed by atoms with van der Waals surface area (Å²) in [5, 5.41) is 7.80. The minimum atomic E-state index is 0.181. The SMILES string of the molecule is CC.Cc1nnccc1C(C)(C)C. The highest BCUT2D eigenvalue weighted by atomic mass is 15.1. The van der Waals surface area contributed by atoms with Crippen molar-refractivity contribution < 1.29 is 0 Å². The van der Waals surface area contributed by atoms with Crippen LogP contribution in [0.4, 0.5) is 0 Å². The van der Waals surface area contributed by atoms with Crippen LogP contribution in [0.15, 0.2) is 12.3 Å². The highest BCUT2D eigenvalue weighted by molar-refractivity contribution is 5.23. The summed E-state index contributed by atoms with van der Waals surface area (Å²) < 4.78 is 0. The Kier molecular flexibility index (Phi) is 4.60. The standard InChI is InChI=1S/C9H14N2.C2H6/c1-7-8(9(2,3)4)5-6-10-11-7;1-2/h5-6H,1-4H3;1-2H3. The molecule has 0 spiro atoms. The zero-order valence-electron chi connectivity index (χ0n) is 9.55. The Morgan fingerprint density at radius 1 is 1.15 bits per heavy atom. The lowest BCUT2D eigenvalue weighted by Gasteiger charge is -2.19. The topological polar surface area (TPSA) is 25.8 Å². The van der Waals surface area contributed by atoms with Crippen LogP contribution >= 0.6 is 0 Å². The molecule has 0 aliphatic heterocycles. The van der Waals surface area contributed by atoms with E-state index in [-0.39, 0.29) is 5.41 Å². The van der Waals surface area contributed by atoms with Crippen LogP contribution in [0.3, 0.4) is 0 Å². The summed E-state index contributed by atoms with van der Waals surface area (Å²) in [6.45, 7) is 12.5. The van der Waals surface area contributed by atoms with E-state index in [1.165, 1.54) is 5.56 Å². The van der Waals surface area contributed by atoms with Gasteiger partial charge in [-0.25, -0.2) is 0 Å². The van der Waals surface area contributed by atoms with E-state index in [1.807, 2.05) is 26.8 Å². The van der Waals surface area contributed by atoms with Gasteiger partial charge in [0.05, 0.1) is 5.69 Å². The van der Waals surface area contributed by atoms with Gasteiger partial charge in [0.1, 0.15) is 0 Å². The van der Waals surface area contributed by atoms with Gasteiger partial charge in [-0.3, -0.25) is 0 Å². The van der Waals surface area contributed by atoms with Crippen LogP contribution in [0.5, 0.6) is 0 Å². The van der Waals surface area contributed by atoms with E-state index in [2.05, 4.69) is 31.0 Å². The van der Waals surface area contributed by atoms with Crippen molar-refractivity contribution in [1.82, 2.24) is 10.2 Å². The fourth-order valence-corrected chi connectivity index (χ4v) is 1.19. The molecule has 0 N–H and O–H groups in total. The molecule has 1 aromatic rings. The Balaban J connectivity index is 0.000000671. The fourth-order valence-electron chi connectivity index (χ4n) is 1.19. The van der Waals surface area contributed by atoms with Crippen molar-refractivity contribution in [2.75, 3.05) is 0 Å². The Morgan fingerprint density at radius 3 is 2.00 bits per heavy atom. The summed E-state index contributed by atoms with van der Waals surface area (Å²) in [6, 6.07) is 2.03. The van der Waals surface area contributed by atoms with E-state index < -0.39 is 0 Å². The normalized spacial score (nSPS) is 10.3. The maximum Gasteiger partial charge on any atom is 0.0637 e. The quantitative estimate of drug-likeness (QED) is 0.613. The van der Waals surface area contributed by atoms with E-state index in [9.17, 15) is 0 Å². The van der Waals surface area contributed by atoms with Crippen LogP contribution in [-0.4, -0.2) is 10.2 Å². The highest BCUT2D eigenvalue weighted by Crippen LogP contribution is 2.22. The van der Waals surface area contributed by atoms with Crippen molar-refractivity contribution in [2.45, 2.75) is 47.0 Å². The third-order valence-corrected chi connectivity index (χ3v) is 1.71. The second-order valence-electron chi connectivity index (χ2n) is 3.78. The van der Waals surface area contributed by atoms with Gasteiger partial charge in [0.2, 0.25) is 0 Å². The first-order chi connectivity index (χ1) is 6.02. The Bertz CT molecular complexity index is 249. The third-order valence-electron chi connectivity index (χ3n) is 1.71. The zero-order chi connectivity index (χ0) is 10.5. The van der Waals surface area contributed by atoms with Crippen molar-refractivity contribution in [2.24, 2.45) is 0 Å². The van der Waals surface area contributed by atoms with Crippen molar-refractivity contribution in [1.29, 1.82) is 0 Å². The predicted octanol–water partition coefficient (Wildman–Crippen LogP) is 3.11. The molecule has 0 aliphatic carbocycles. The number of nitrogens with zero attached hydrogens (tertiary/aromatic N) is 2. The fraction of sp³-hybridized carbons (Fsp3) is 0.636. The maximum atomic E-state index is 4.00. The summed E-state index contributed by atoms with van der Waals surface area (Å²) in [5.74, 6) is 0. The number of aryl methyl sites for hydroxylation is 1. The molecule has 0 atom stereocenters. The van der Waals surface area contributed by atoms with Gasteiger partial charge in [0.15, 0.2) is 0 Å². The molecule has 74 valence electrons. The molecule has 0 saturated carbocycles. The first-order valence-corrected chi connectivity index (χ1v) is 4.80. The van der Waals surface area contributed by atoms with Crippen molar-refractivity contribution in [3.05, 3.63) is 23.5 Å². The highest BCUT2D eigenvalue weighted by Gasteiger charge is 2.15. The molecule has 2 nitrogen and oxygen atoms in total. The minimum absolute atomic E-state index is 0.181. The molecule has 1 aromatic heterocycles. The lowest BCUT2D eigenvalue weighted by atomic mass is 9.86. The lowest BCUT2D eigenvalue weighted by molar-refractivity contribution is 0.578. The number of hydrogen-bond acceptors (Lipinski definition) is 2. The Morgan fingerprint density at radius 2 is 1.69 bits per heavy atom. The Labute approximate surface area is 81.4 Å². The second kappa shape index (κ2) is 4.95. The molecule has 1 rings (SSSR count). The van der Waals surface area contributed by atoms with Gasteiger partial charge in [-0.15, -0.1) is 0 Å². The number of rotatable bonds is 0. The molecule has 0 aromatic carbocycles. The molecule has 0 aliphatic rings. The Hall–Kier alpha value is -0.920. The monoisotopic (exact) mass is 180 g/mol. The molecule has 2 heteroatoms. The van der Waals surface area contributed by atoms with Crippen LogP contribution < -0.4 is 0 Å². The zero-order valence-corrected chi connectivity index (χ0v) is 9.55. The van der Waals surface area contributed by atoms with Gasteiger partial charge in [-0.05, 0) is 24.0 Å². The van der Waals surface area contributed by atoms with E-state index in [1.54, 1.807) is 6.20 Å². The van der Waals surface area contributed by atoms with Gasteiger partial charge in [-0.1, -0.05) is 34.6 Å². The van der Waals surface area contributed by atoms with E-state index in [4.69, 9.17) is 0 Å². The van der Waals surface area contributed by atoms with Crippen LogP contribution in [0.2, 0.25) is 0 Å². The van der Waals surface area contributed by atoms with Crippen LogP contribution in [0.1, 0.15) is 45.9 Å². The van der Waals surface area contributed by atoms with Crippen molar-refractivity contribution in [3.63, 3.8) is 0 Å². The molecule has 0 fully saturated rings. The van der Waals surface area contributed by atoms with E-state index in [0.717, 1.165) is 5.69 Å². The molecule has 0 saturated heterocycles. The van der Waals surface area contributed by atoms with Gasteiger partial charge in [0.25, 0.3) is 0 Å². The molecule has 13 heavy (non-hydrogen) atoms. The van der Waals surface area contributed by atoms with Crippen LogP contribution in [-0.2, 0) is 5.41 Å². The van der Waals surface area contributed by atoms with Crippen LogP contribution in [0.25, 0.3) is 0 Å². The number of hydrogen-bond donors (Lipinski definition) is 0. The first-order valence-electron chi connectivity index (χ1n) is 4.80. The van der Waals surface area contributed by atoms with Gasteiger partial charge in [0, 0.05) is 6.20 Å². The summed E-state index contributed by atoms with van der Waals surface area (Å²) in [5.41, 5.74) is 2.48. The molecule has 1 heterocycles. The minimum Gasteiger partial charge on any atom is -0.159 e. The molecule has 0 radical (unpaired) electrons. The smallest absolute Gasteiger partial charge is 0.0637 e. The first kappa shape index (κ1) is 12.1. The van der Waals surface area contributed by atoms with Crippen molar-refractivity contribution >= 4 is 0 Å². The molecule has 0 bridgehead atoms. The average Bonchev–Trinajstić information content (AvgIpc) is 2.07. The third kappa shape index (κ3) is 3.53. The molecular weight excluding hydrogens is 160 g/mol. The molecule has 0 unspecified atom stereocenters. The van der Waals surface area contributed by atoms with Crippen molar-refractivity contribution in [3.8, 4) is 0 Å². The largest absolute Gasteiger partial charge is 0.159 e. The summed E-state index contributed by atoms with van der Waals surface area (Å²) in [7, 11) is 0. The summed E-state index contributed by atoms with van der Waals surface area (Å²) >= 11 is 0. The predicted molar refractivity (Wildman–Crippen MR) is 56.8 cm³/mol. The number of aromatic nitrogens is 2. The average molecular weight is 180 g/mol. The second-order valence-corrected chi connectivity index (χ2v) is 3.78. The lowest BCUT2D eigenvalue weighted by Crippen LogP contribution is -2.14. The van der Waals surface area contributed by atoms with Gasteiger partial charge in [-0.2, -0.15) is 10.2 Å².